The number of amides is 1. The van der Waals surface area contributed by atoms with Crippen molar-refractivity contribution in [3.05, 3.63) is 5.82 Å². The second-order valence-electron chi connectivity index (χ2n) is 4.45. The van der Waals surface area contributed by atoms with E-state index in [0.29, 0.717) is 5.13 Å². The molecule has 0 spiro atoms. The van der Waals surface area contributed by atoms with Gasteiger partial charge in [-0.2, -0.15) is 4.37 Å². The number of carbonyl (C=O) groups excluding carboxylic acids is 1. The molecule has 1 aromatic heterocycles. The molecule has 7 heteroatoms. The zero-order valence-electron chi connectivity index (χ0n) is 9.77. The topological polar surface area (TPSA) is 80.9 Å². The first kappa shape index (κ1) is 15.3. The van der Waals surface area contributed by atoms with Gasteiger partial charge in [0.2, 0.25) is 11.0 Å². The van der Waals surface area contributed by atoms with E-state index >= 15 is 0 Å². The van der Waals surface area contributed by atoms with Crippen molar-refractivity contribution in [2.75, 3.05) is 5.32 Å². The van der Waals surface area contributed by atoms with Crippen molar-refractivity contribution >= 4 is 35.0 Å². The van der Waals surface area contributed by atoms with Crippen molar-refractivity contribution < 1.29 is 4.79 Å². The Bertz CT molecular complexity index is 359. The lowest BCUT2D eigenvalue weighted by Crippen LogP contribution is -2.32. The molecule has 0 bridgehead atoms. The highest BCUT2D eigenvalue weighted by Crippen LogP contribution is 2.22. The number of carbonyl (C=O) groups is 1. The van der Waals surface area contributed by atoms with Gasteiger partial charge in [-0.1, -0.05) is 20.8 Å². The number of aromatic nitrogens is 2. The monoisotopic (exact) mass is 264 g/mol. The minimum atomic E-state index is -0.535. The molecule has 1 rings (SSSR count). The molecular weight excluding hydrogens is 248 g/mol. The third kappa shape index (κ3) is 4.03. The van der Waals surface area contributed by atoms with Gasteiger partial charge in [-0.15, -0.1) is 12.4 Å². The molecule has 5 nitrogen and oxygen atoms in total. The van der Waals surface area contributed by atoms with E-state index < -0.39 is 6.04 Å². The maximum atomic E-state index is 11.3. The summed E-state index contributed by atoms with van der Waals surface area (Å²) in [6.07, 6.45) is 0. The van der Waals surface area contributed by atoms with E-state index in [1.807, 2.05) is 20.8 Å². The fourth-order valence-electron chi connectivity index (χ4n) is 0.798. The van der Waals surface area contributed by atoms with Crippen LogP contribution in [0.25, 0.3) is 0 Å². The van der Waals surface area contributed by atoms with Crippen LogP contribution in [-0.2, 0) is 10.2 Å². The van der Waals surface area contributed by atoms with Gasteiger partial charge in [0.25, 0.3) is 0 Å². The second kappa shape index (κ2) is 5.56. The minimum Gasteiger partial charge on any atom is -0.320 e. The Labute approximate surface area is 105 Å². The van der Waals surface area contributed by atoms with Gasteiger partial charge in [0.15, 0.2) is 0 Å². The minimum absolute atomic E-state index is 0. The third-order valence-corrected chi connectivity index (χ3v) is 2.37. The predicted octanol–water partition coefficient (Wildman–Crippen LogP) is 1.54. The number of nitrogens with two attached hydrogens (primary N) is 1. The van der Waals surface area contributed by atoms with Gasteiger partial charge in [-0.25, -0.2) is 4.98 Å². The Balaban J connectivity index is 0.00000225. The zero-order chi connectivity index (χ0) is 11.6. The smallest absolute Gasteiger partial charge is 0.242 e. The fourth-order valence-corrected chi connectivity index (χ4v) is 1.56. The normalized spacial score (nSPS) is 12.8. The Morgan fingerprint density at radius 3 is 2.44 bits per heavy atom. The van der Waals surface area contributed by atoms with Crippen LogP contribution in [0.3, 0.4) is 0 Å². The van der Waals surface area contributed by atoms with E-state index in [1.165, 1.54) is 11.5 Å². The first-order valence-electron chi connectivity index (χ1n) is 4.71. The highest BCUT2D eigenvalue weighted by atomic mass is 35.5. The second-order valence-corrected chi connectivity index (χ2v) is 5.20. The predicted molar refractivity (Wildman–Crippen MR) is 68.1 cm³/mol. The van der Waals surface area contributed by atoms with E-state index in [-0.39, 0.29) is 23.7 Å². The van der Waals surface area contributed by atoms with Gasteiger partial charge < -0.3 is 5.73 Å². The zero-order valence-corrected chi connectivity index (χ0v) is 11.4. The van der Waals surface area contributed by atoms with Crippen molar-refractivity contribution in [3.63, 3.8) is 0 Å². The highest BCUT2D eigenvalue weighted by Gasteiger charge is 2.20. The highest BCUT2D eigenvalue weighted by molar-refractivity contribution is 7.09. The quantitative estimate of drug-likeness (QED) is 0.849. The number of anilines is 1. The van der Waals surface area contributed by atoms with Crippen LogP contribution in [0.5, 0.6) is 0 Å². The van der Waals surface area contributed by atoms with Crippen molar-refractivity contribution in [2.24, 2.45) is 5.73 Å². The first-order valence-corrected chi connectivity index (χ1v) is 5.48. The molecule has 0 aliphatic heterocycles. The van der Waals surface area contributed by atoms with Crippen molar-refractivity contribution in [3.8, 4) is 0 Å². The molecule has 3 N–H and O–H groups in total. The standard InChI is InChI=1S/C9H16N4OS.ClH/c1-5(10)6(14)11-8-12-7(13-15-8)9(2,3)4;/h5H,10H2,1-4H3,(H,11,12,13,14);1H. The number of halogens is 1. The van der Waals surface area contributed by atoms with Crippen LogP contribution in [0.4, 0.5) is 5.13 Å². The van der Waals surface area contributed by atoms with Crippen LogP contribution < -0.4 is 11.1 Å². The molecular formula is C9H17ClN4OS. The lowest BCUT2D eigenvalue weighted by molar-refractivity contribution is -0.117. The number of nitrogens with one attached hydrogen (secondary N) is 1. The molecule has 1 aromatic rings. The van der Waals surface area contributed by atoms with Gasteiger partial charge in [-0.05, 0) is 6.92 Å². The molecule has 1 heterocycles. The summed E-state index contributed by atoms with van der Waals surface area (Å²) in [7, 11) is 0. The van der Waals surface area contributed by atoms with E-state index in [2.05, 4.69) is 14.7 Å². The van der Waals surface area contributed by atoms with Crippen LogP contribution in [0.15, 0.2) is 0 Å². The lowest BCUT2D eigenvalue weighted by atomic mass is 9.96. The van der Waals surface area contributed by atoms with Crippen molar-refractivity contribution in [1.82, 2.24) is 9.36 Å². The Morgan fingerprint density at radius 1 is 1.50 bits per heavy atom. The molecule has 0 fully saturated rings. The molecule has 1 atom stereocenters. The van der Waals surface area contributed by atoms with Gasteiger partial charge in [0.1, 0.15) is 5.82 Å². The van der Waals surface area contributed by atoms with Crippen LogP contribution >= 0.6 is 23.9 Å². The summed E-state index contributed by atoms with van der Waals surface area (Å²) in [6, 6.07) is -0.535. The molecule has 0 aliphatic rings. The molecule has 0 aliphatic carbocycles. The fraction of sp³-hybridized carbons (Fsp3) is 0.667. The average Bonchev–Trinajstić information content (AvgIpc) is 2.51. The molecule has 1 unspecified atom stereocenters. The lowest BCUT2D eigenvalue weighted by Gasteiger charge is -2.12. The van der Waals surface area contributed by atoms with Gasteiger partial charge in [0, 0.05) is 16.9 Å². The summed E-state index contributed by atoms with van der Waals surface area (Å²) in [4.78, 5) is 15.5. The summed E-state index contributed by atoms with van der Waals surface area (Å²) in [5.41, 5.74) is 5.32. The van der Waals surface area contributed by atoms with Gasteiger partial charge in [-0.3, -0.25) is 10.1 Å². The van der Waals surface area contributed by atoms with E-state index in [0.717, 1.165) is 5.82 Å². The summed E-state index contributed by atoms with van der Waals surface area (Å²) in [6.45, 7) is 7.69. The first-order chi connectivity index (χ1) is 6.80. The average molecular weight is 265 g/mol. The molecule has 0 saturated heterocycles. The summed E-state index contributed by atoms with van der Waals surface area (Å²) in [5.74, 6) is 0.485. The third-order valence-electron chi connectivity index (χ3n) is 1.74. The Kier molecular flexibility index (Phi) is 5.31. The molecule has 0 saturated carbocycles. The SMILES string of the molecule is CC(N)C(=O)Nc1nc(C(C)(C)C)ns1.Cl. The number of hydrogen-bond acceptors (Lipinski definition) is 5. The molecule has 92 valence electrons. The van der Waals surface area contributed by atoms with Crippen LogP contribution in [-0.4, -0.2) is 21.3 Å². The van der Waals surface area contributed by atoms with Crippen molar-refractivity contribution in [2.45, 2.75) is 39.2 Å². The van der Waals surface area contributed by atoms with E-state index in [9.17, 15) is 4.79 Å². The maximum absolute atomic E-state index is 11.3. The molecule has 16 heavy (non-hydrogen) atoms. The van der Waals surface area contributed by atoms with Crippen LogP contribution in [0.2, 0.25) is 0 Å². The number of nitrogens with zero attached hydrogens (tertiary/aromatic N) is 2. The molecule has 0 radical (unpaired) electrons. The number of hydrogen-bond donors (Lipinski definition) is 2. The largest absolute Gasteiger partial charge is 0.320 e. The molecule has 1 amide bonds. The van der Waals surface area contributed by atoms with Gasteiger partial charge >= 0.3 is 0 Å². The summed E-state index contributed by atoms with van der Waals surface area (Å²) < 4.78 is 4.17. The van der Waals surface area contributed by atoms with E-state index in [1.54, 1.807) is 6.92 Å². The van der Waals surface area contributed by atoms with Crippen LogP contribution in [0, 0.1) is 0 Å². The van der Waals surface area contributed by atoms with Gasteiger partial charge in [0.05, 0.1) is 6.04 Å². The Hall–Kier alpha value is -0.720. The maximum Gasteiger partial charge on any atom is 0.242 e. The molecule has 0 aromatic carbocycles. The van der Waals surface area contributed by atoms with Crippen LogP contribution in [0.1, 0.15) is 33.5 Å². The van der Waals surface area contributed by atoms with Crippen molar-refractivity contribution in [1.29, 1.82) is 0 Å². The summed E-state index contributed by atoms with van der Waals surface area (Å²) in [5, 5.41) is 3.12. The Morgan fingerprint density at radius 2 is 2.06 bits per heavy atom. The summed E-state index contributed by atoms with van der Waals surface area (Å²) >= 11 is 1.17. The number of rotatable bonds is 2. The van der Waals surface area contributed by atoms with E-state index in [4.69, 9.17) is 5.73 Å².